The first-order chi connectivity index (χ1) is 15.6. The summed E-state index contributed by atoms with van der Waals surface area (Å²) in [6.07, 6.45) is -4.38. The molecule has 33 heavy (non-hydrogen) atoms. The van der Waals surface area contributed by atoms with E-state index in [0.717, 1.165) is 11.6 Å². The number of nitrogens with one attached hydrogen (secondary N) is 2. The molecule has 0 aliphatic heterocycles. The summed E-state index contributed by atoms with van der Waals surface area (Å²) in [6, 6.07) is 19.5. The molecule has 0 aliphatic carbocycles. The molecule has 3 aromatic carbocycles. The van der Waals surface area contributed by atoms with E-state index in [9.17, 15) is 26.4 Å². The monoisotopic (exact) mass is 476 g/mol. The van der Waals surface area contributed by atoms with Gasteiger partial charge in [0.1, 0.15) is 0 Å². The summed E-state index contributed by atoms with van der Waals surface area (Å²) >= 11 is 0. The Hall–Kier alpha value is -3.17. The minimum absolute atomic E-state index is 0.0540. The number of hydrogen-bond donors (Lipinski definition) is 2. The van der Waals surface area contributed by atoms with Crippen molar-refractivity contribution < 1.29 is 26.4 Å². The Balaban J connectivity index is 1.59. The van der Waals surface area contributed by atoms with Crippen LogP contribution in [0.4, 0.5) is 18.9 Å². The molecular formula is C24H23F3N2O3S. The highest BCUT2D eigenvalue weighted by molar-refractivity contribution is 7.89. The van der Waals surface area contributed by atoms with Gasteiger partial charge in [0.2, 0.25) is 15.9 Å². The highest BCUT2D eigenvalue weighted by Gasteiger charge is 2.33. The Bertz CT molecular complexity index is 1200. The van der Waals surface area contributed by atoms with Gasteiger partial charge in [-0.1, -0.05) is 54.6 Å². The first-order valence-electron chi connectivity index (χ1n) is 10.2. The second-order valence-corrected chi connectivity index (χ2v) is 9.20. The fourth-order valence-corrected chi connectivity index (χ4v) is 4.49. The first-order valence-corrected chi connectivity index (χ1v) is 11.7. The summed E-state index contributed by atoms with van der Waals surface area (Å²) in [6.45, 7) is 1.75. The van der Waals surface area contributed by atoms with Gasteiger partial charge in [-0.25, -0.2) is 13.1 Å². The van der Waals surface area contributed by atoms with Crippen molar-refractivity contribution in [2.45, 2.75) is 36.9 Å². The van der Waals surface area contributed by atoms with Crippen molar-refractivity contribution in [1.29, 1.82) is 0 Å². The van der Waals surface area contributed by atoms with Gasteiger partial charge < -0.3 is 5.32 Å². The molecule has 3 aromatic rings. The van der Waals surface area contributed by atoms with Crippen LogP contribution in [0.3, 0.4) is 0 Å². The van der Waals surface area contributed by atoms with Crippen LogP contribution in [0.15, 0.2) is 83.8 Å². The van der Waals surface area contributed by atoms with Crippen molar-refractivity contribution in [3.8, 4) is 0 Å². The van der Waals surface area contributed by atoms with E-state index in [4.69, 9.17) is 0 Å². The minimum Gasteiger partial charge on any atom is -0.325 e. The third kappa shape index (κ3) is 6.66. The molecule has 1 atom stereocenters. The predicted molar refractivity (Wildman–Crippen MR) is 120 cm³/mol. The molecule has 3 rings (SSSR count). The molecule has 0 bridgehead atoms. The maximum atomic E-state index is 13.1. The van der Waals surface area contributed by atoms with E-state index >= 15 is 0 Å². The van der Waals surface area contributed by atoms with Crippen LogP contribution in [-0.2, 0) is 27.4 Å². The molecule has 0 saturated heterocycles. The van der Waals surface area contributed by atoms with Gasteiger partial charge >= 0.3 is 6.18 Å². The molecule has 174 valence electrons. The summed E-state index contributed by atoms with van der Waals surface area (Å²) in [5.74, 6) is -0.568. The SMILES string of the molecule is C[C@H](NS(=O)(=O)c1ccc(CCC(=O)Nc2ccccc2C(F)(F)F)cc1)c1ccccc1. The molecule has 0 saturated carbocycles. The maximum Gasteiger partial charge on any atom is 0.418 e. The van der Waals surface area contributed by atoms with Gasteiger partial charge in [-0.2, -0.15) is 13.2 Å². The van der Waals surface area contributed by atoms with Crippen molar-refractivity contribution in [2.75, 3.05) is 5.32 Å². The number of amides is 1. The van der Waals surface area contributed by atoms with E-state index in [0.29, 0.717) is 5.56 Å². The molecule has 0 unspecified atom stereocenters. The summed E-state index contributed by atoms with van der Waals surface area (Å²) in [4.78, 5) is 12.2. The molecule has 1 amide bonds. The summed E-state index contributed by atoms with van der Waals surface area (Å²) in [5, 5.41) is 2.30. The van der Waals surface area contributed by atoms with Crippen LogP contribution in [0.25, 0.3) is 0 Å². The van der Waals surface area contributed by atoms with Crippen molar-refractivity contribution >= 4 is 21.6 Å². The number of benzene rings is 3. The van der Waals surface area contributed by atoms with Crippen LogP contribution in [0.2, 0.25) is 0 Å². The third-order valence-corrected chi connectivity index (χ3v) is 6.57. The summed E-state index contributed by atoms with van der Waals surface area (Å²) < 4.78 is 67.1. The van der Waals surface area contributed by atoms with Gasteiger partial charge in [-0.15, -0.1) is 0 Å². The molecule has 5 nitrogen and oxygen atoms in total. The lowest BCUT2D eigenvalue weighted by Crippen LogP contribution is -2.26. The fraction of sp³-hybridized carbons (Fsp3) is 0.208. The molecular weight excluding hydrogens is 453 g/mol. The number of carbonyl (C=O) groups is 1. The first kappa shape index (κ1) is 24.5. The molecule has 0 radical (unpaired) electrons. The maximum absolute atomic E-state index is 13.1. The zero-order valence-electron chi connectivity index (χ0n) is 17.8. The molecule has 0 aromatic heterocycles. The van der Waals surface area contributed by atoms with Crippen molar-refractivity contribution in [3.05, 3.63) is 95.6 Å². The highest BCUT2D eigenvalue weighted by Crippen LogP contribution is 2.34. The number of hydrogen-bond acceptors (Lipinski definition) is 3. The van der Waals surface area contributed by atoms with Gasteiger partial charge in [0, 0.05) is 12.5 Å². The molecule has 0 aliphatic rings. The zero-order chi connectivity index (χ0) is 24.1. The number of carbonyl (C=O) groups excluding carboxylic acids is 1. The number of rotatable bonds is 8. The van der Waals surface area contributed by atoms with Crippen molar-refractivity contribution in [1.82, 2.24) is 4.72 Å². The normalized spacial score (nSPS) is 12.8. The quantitative estimate of drug-likeness (QED) is 0.462. The lowest BCUT2D eigenvalue weighted by atomic mass is 10.1. The van der Waals surface area contributed by atoms with E-state index in [-0.39, 0.29) is 23.4 Å². The van der Waals surface area contributed by atoms with Gasteiger partial charge in [-0.05, 0) is 48.7 Å². The third-order valence-electron chi connectivity index (χ3n) is 5.01. The Morgan fingerprint density at radius 2 is 1.52 bits per heavy atom. The number of sulfonamides is 1. The Morgan fingerprint density at radius 1 is 0.909 bits per heavy atom. The molecule has 9 heteroatoms. The number of para-hydroxylation sites is 1. The number of anilines is 1. The molecule has 0 fully saturated rings. The average molecular weight is 477 g/mol. The lowest BCUT2D eigenvalue weighted by molar-refractivity contribution is -0.137. The van der Waals surface area contributed by atoms with E-state index in [2.05, 4.69) is 10.0 Å². The van der Waals surface area contributed by atoms with Gasteiger partial charge in [0.15, 0.2) is 0 Å². The van der Waals surface area contributed by atoms with Crippen LogP contribution in [-0.4, -0.2) is 14.3 Å². The largest absolute Gasteiger partial charge is 0.418 e. The Labute approximate surface area is 190 Å². The fourth-order valence-electron chi connectivity index (χ4n) is 3.26. The van der Waals surface area contributed by atoms with Gasteiger partial charge in [0.05, 0.1) is 16.1 Å². The molecule has 0 spiro atoms. The van der Waals surface area contributed by atoms with E-state index < -0.39 is 33.7 Å². The van der Waals surface area contributed by atoms with E-state index in [1.165, 1.54) is 30.3 Å². The number of aryl methyl sites for hydroxylation is 1. The highest BCUT2D eigenvalue weighted by atomic mass is 32.2. The van der Waals surface area contributed by atoms with Crippen LogP contribution in [0.1, 0.15) is 36.1 Å². The second-order valence-electron chi connectivity index (χ2n) is 7.49. The minimum atomic E-state index is -4.57. The van der Waals surface area contributed by atoms with Crippen LogP contribution >= 0.6 is 0 Å². The van der Waals surface area contributed by atoms with E-state index in [1.54, 1.807) is 19.1 Å². The smallest absolute Gasteiger partial charge is 0.325 e. The average Bonchev–Trinajstić information content (AvgIpc) is 2.78. The standard InChI is InChI=1S/C24H23F3N2O3S/c1-17(19-7-3-2-4-8-19)29-33(31,32)20-14-11-18(12-15-20)13-16-23(30)28-22-10-6-5-9-21(22)24(25,26)27/h2-12,14-15,17,29H,13,16H2,1H3,(H,28,30)/t17-/m0/s1. The summed E-state index contributed by atoms with van der Waals surface area (Å²) in [7, 11) is -3.75. The Morgan fingerprint density at radius 3 is 2.15 bits per heavy atom. The van der Waals surface area contributed by atoms with Crippen LogP contribution < -0.4 is 10.0 Å². The van der Waals surface area contributed by atoms with Crippen molar-refractivity contribution in [3.63, 3.8) is 0 Å². The molecule has 2 N–H and O–H groups in total. The lowest BCUT2D eigenvalue weighted by Gasteiger charge is -2.15. The van der Waals surface area contributed by atoms with Crippen molar-refractivity contribution in [2.24, 2.45) is 0 Å². The summed E-state index contributed by atoms with van der Waals surface area (Å²) in [5.41, 5.74) is 0.306. The number of halogens is 3. The topological polar surface area (TPSA) is 75.3 Å². The predicted octanol–water partition coefficient (Wildman–Crippen LogP) is 5.32. The van der Waals surface area contributed by atoms with Crippen LogP contribution in [0.5, 0.6) is 0 Å². The van der Waals surface area contributed by atoms with Crippen LogP contribution in [0, 0.1) is 0 Å². The van der Waals surface area contributed by atoms with E-state index in [1.807, 2.05) is 30.3 Å². The molecule has 0 heterocycles. The van der Waals surface area contributed by atoms with Gasteiger partial charge in [-0.3, -0.25) is 4.79 Å². The number of alkyl halides is 3. The zero-order valence-corrected chi connectivity index (χ0v) is 18.6. The Kier molecular flexibility index (Phi) is 7.55. The van der Waals surface area contributed by atoms with Gasteiger partial charge in [0.25, 0.3) is 0 Å². The second kappa shape index (κ2) is 10.2.